The largest absolute Gasteiger partial charge is 0.315 e. The summed E-state index contributed by atoms with van der Waals surface area (Å²) in [5, 5.41) is 3.29. The first-order valence-corrected chi connectivity index (χ1v) is 9.37. The predicted octanol–water partition coefficient (Wildman–Crippen LogP) is 2.45. The second-order valence-corrected chi connectivity index (χ2v) is 7.50. The molecule has 0 aliphatic rings. The lowest BCUT2D eigenvalue weighted by atomic mass is 10.1. The van der Waals surface area contributed by atoms with Gasteiger partial charge in [-0.25, -0.2) is 13.1 Å². The Morgan fingerprint density at radius 1 is 1.10 bits per heavy atom. The van der Waals surface area contributed by atoms with Crippen molar-refractivity contribution >= 4 is 10.0 Å². The normalized spacial score (nSPS) is 12.0. The van der Waals surface area contributed by atoms with Gasteiger partial charge in [-0.3, -0.25) is 0 Å². The molecule has 0 spiro atoms. The summed E-state index contributed by atoms with van der Waals surface area (Å²) in [6, 6.07) is 8.40. The van der Waals surface area contributed by atoms with Gasteiger partial charge in [-0.05, 0) is 36.9 Å². The predicted molar refractivity (Wildman–Crippen MR) is 88.8 cm³/mol. The van der Waals surface area contributed by atoms with E-state index in [0.717, 1.165) is 24.9 Å². The average Bonchev–Trinajstić information content (AvgIpc) is 2.44. The van der Waals surface area contributed by atoms with E-state index in [9.17, 15) is 8.42 Å². The summed E-state index contributed by atoms with van der Waals surface area (Å²) in [4.78, 5) is 0. The molecule has 5 heteroatoms. The van der Waals surface area contributed by atoms with Gasteiger partial charge < -0.3 is 5.32 Å². The average molecular weight is 312 g/mol. The van der Waals surface area contributed by atoms with Crippen LogP contribution in [-0.2, 0) is 23.0 Å². The van der Waals surface area contributed by atoms with E-state index in [1.807, 2.05) is 24.3 Å². The molecule has 2 N–H and O–H groups in total. The molecule has 0 aromatic heterocycles. The van der Waals surface area contributed by atoms with Crippen LogP contribution < -0.4 is 10.0 Å². The van der Waals surface area contributed by atoms with E-state index in [1.54, 1.807) is 0 Å². The number of unbranched alkanes of at least 4 members (excludes halogenated alkanes) is 1. The van der Waals surface area contributed by atoms with Crippen LogP contribution in [-0.4, -0.2) is 26.8 Å². The molecule has 0 aliphatic carbocycles. The molecule has 0 heterocycles. The number of nitrogens with one attached hydrogen (secondary N) is 2. The molecule has 4 nitrogen and oxygen atoms in total. The lowest BCUT2D eigenvalue weighted by Crippen LogP contribution is -2.28. The van der Waals surface area contributed by atoms with Crippen molar-refractivity contribution in [2.24, 2.45) is 0 Å². The maximum Gasteiger partial charge on any atom is 0.211 e. The summed E-state index contributed by atoms with van der Waals surface area (Å²) in [7, 11) is -3.18. The van der Waals surface area contributed by atoms with Crippen LogP contribution in [0, 0.1) is 0 Å². The first kappa shape index (κ1) is 18.1. The van der Waals surface area contributed by atoms with Crippen molar-refractivity contribution in [1.82, 2.24) is 10.0 Å². The Labute approximate surface area is 129 Å². The molecule has 0 unspecified atom stereocenters. The van der Waals surface area contributed by atoms with Crippen molar-refractivity contribution in [1.29, 1.82) is 0 Å². The topological polar surface area (TPSA) is 58.2 Å². The van der Waals surface area contributed by atoms with Crippen molar-refractivity contribution in [3.63, 3.8) is 0 Å². The van der Waals surface area contributed by atoms with Crippen LogP contribution in [0.15, 0.2) is 24.3 Å². The Balaban J connectivity index is 2.36. The fourth-order valence-corrected chi connectivity index (χ4v) is 3.25. The molecular weight excluding hydrogens is 284 g/mol. The Kier molecular flexibility index (Phi) is 7.93. The molecule has 0 amide bonds. The third-order valence-corrected chi connectivity index (χ3v) is 4.78. The van der Waals surface area contributed by atoms with Gasteiger partial charge in [0.15, 0.2) is 0 Å². The molecule has 21 heavy (non-hydrogen) atoms. The smallest absolute Gasteiger partial charge is 0.211 e. The van der Waals surface area contributed by atoms with Crippen LogP contribution in [0.5, 0.6) is 0 Å². The molecule has 0 aliphatic heterocycles. The zero-order valence-corrected chi connectivity index (χ0v) is 14.2. The minimum absolute atomic E-state index is 0.196. The minimum Gasteiger partial charge on any atom is -0.315 e. The lowest BCUT2D eigenvalue weighted by molar-refractivity contribution is 0.555. The van der Waals surface area contributed by atoms with Gasteiger partial charge in [0, 0.05) is 12.6 Å². The van der Waals surface area contributed by atoms with Gasteiger partial charge >= 0.3 is 0 Å². The van der Waals surface area contributed by atoms with Crippen LogP contribution >= 0.6 is 0 Å². The van der Waals surface area contributed by atoms with Crippen molar-refractivity contribution in [3.8, 4) is 0 Å². The van der Waals surface area contributed by atoms with Gasteiger partial charge in [-0.1, -0.05) is 45.0 Å². The highest BCUT2D eigenvalue weighted by Gasteiger charge is 2.10. The van der Waals surface area contributed by atoms with E-state index in [-0.39, 0.29) is 5.75 Å². The minimum atomic E-state index is -3.18. The van der Waals surface area contributed by atoms with Gasteiger partial charge in [0.25, 0.3) is 0 Å². The van der Waals surface area contributed by atoms with Crippen LogP contribution in [0.4, 0.5) is 0 Å². The Morgan fingerprint density at radius 3 is 2.38 bits per heavy atom. The fraction of sp³-hybridized carbons (Fsp3) is 0.625. The second-order valence-electron chi connectivity index (χ2n) is 5.58. The number of aryl methyl sites for hydroxylation is 1. The Bertz CT molecular complexity index is 513. The Hall–Kier alpha value is -0.910. The molecule has 0 radical (unpaired) electrons. The summed E-state index contributed by atoms with van der Waals surface area (Å²) in [6.07, 6.45) is 2.48. The standard InChI is InChI=1S/C16H28N2O2S/c1-4-15-9-5-6-10-16(15)13-18-21(19,20)12-8-7-11-17-14(2)3/h5-6,9-10,14,17-18H,4,7-8,11-13H2,1-3H3. The molecule has 0 bridgehead atoms. The van der Waals surface area contributed by atoms with Gasteiger partial charge in [-0.15, -0.1) is 0 Å². The maximum absolute atomic E-state index is 12.0. The Morgan fingerprint density at radius 2 is 1.76 bits per heavy atom. The zero-order valence-electron chi connectivity index (χ0n) is 13.4. The van der Waals surface area contributed by atoms with Crippen LogP contribution in [0.1, 0.15) is 44.7 Å². The summed E-state index contributed by atoms with van der Waals surface area (Å²) < 4.78 is 26.6. The molecule has 0 saturated heterocycles. The first-order chi connectivity index (χ1) is 9.94. The van der Waals surface area contributed by atoms with Crippen molar-refractivity contribution < 1.29 is 8.42 Å². The van der Waals surface area contributed by atoms with E-state index in [0.29, 0.717) is 19.0 Å². The number of rotatable bonds is 10. The molecular formula is C16H28N2O2S. The van der Waals surface area contributed by atoms with Crippen molar-refractivity contribution in [2.75, 3.05) is 12.3 Å². The van der Waals surface area contributed by atoms with E-state index >= 15 is 0 Å². The monoisotopic (exact) mass is 312 g/mol. The van der Waals surface area contributed by atoms with E-state index in [1.165, 1.54) is 5.56 Å². The van der Waals surface area contributed by atoms with Gasteiger partial charge in [0.2, 0.25) is 10.0 Å². The molecule has 1 rings (SSSR count). The highest BCUT2D eigenvalue weighted by atomic mass is 32.2. The zero-order chi connectivity index (χ0) is 15.7. The SMILES string of the molecule is CCc1ccccc1CNS(=O)(=O)CCCCNC(C)C. The van der Waals surface area contributed by atoms with Crippen LogP contribution in [0.3, 0.4) is 0 Å². The number of hydrogen-bond donors (Lipinski definition) is 2. The molecule has 0 saturated carbocycles. The third-order valence-electron chi connectivity index (χ3n) is 3.37. The first-order valence-electron chi connectivity index (χ1n) is 7.72. The van der Waals surface area contributed by atoms with Crippen LogP contribution in [0.25, 0.3) is 0 Å². The molecule has 120 valence electrons. The van der Waals surface area contributed by atoms with Gasteiger partial charge in [0.1, 0.15) is 0 Å². The quantitative estimate of drug-likeness (QED) is 0.653. The van der Waals surface area contributed by atoms with Crippen molar-refractivity contribution in [3.05, 3.63) is 35.4 Å². The summed E-state index contributed by atoms with van der Waals surface area (Å²) in [6.45, 7) is 7.50. The van der Waals surface area contributed by atoms with Gasteiger partial charge in [0.05, 0.1) is 5.75 Å². The lowest BCUT2D eigenvalue weighted by Gasteiger charge is -2.10. The molecule has 1 aromatic rings. The third kappa shape index (κ3) is 7.60. The van der Waals surface area contributed by atoms with Gasteiger partial charge in [-0.2, -0.15) is 0 Å². The van der Waals surface area contributed by atoms with Crippen molar-refractivity contribution in [2.45, 2.75) is 52.6 Å². The summed E-state index contributed by atoms with van der Waals surface area (Å²) >= 11 is 0. The molecule has 0 atom stereocenters. The van der Waals surface area contributed by atoms with E-state index in [4.69, 9.17) is 0 Å². The maximum atomic E-state index is 12.0. The summed E-state index contributed by atoms with van der Waals surface area (Å²) in [5.74, 6) is 0.196. The highest BCUT2D eigenvalue weighted by Crippen LogP contribution is 2.09. The number of benzene rings is 1. The fourth-order valence-electron chi connectivity index (χ4n) is 2.14. The second kappa shape index (κ2) is 9.18. The van der Waals surface area contributed by atoms with E-state index < -0.39 is 10.0 Å². The van der Waals surface area contributed by atoms with Crippen LogP contribution in [0.2, 0.25) is 0 Å². The number of hydrogen-bond acceptors (Lipinski definition) is 3. The molecule has 1 aromatic carbocycles. The highest BCUT2D eigenvalue weighted by molar-refractivity contribution is 7.89. The van der Waals surface area contributed by atoms with E-state index in [2.05, 4.69) is 30.8 Å². The molecule has 0 fully saturated rings. The number of sulfonamides is 1. The summed E-state index contributed by atoms with van der Waals surface area (Å²) in [5.41, 5.74) is 2.26.